The molecule has 2 aliphatic carbocycles. The van der Waals surface area contributed by atoms with Crippen LogP contribution in [-0.2, 0) is 0 Å². The van der Waals surface area contributed by atoms with E-state index >= 15 is 0 Å². The van der Waals surface area contributed by atoms with Crippen molar-refractivity contribution in [2.45, 2.75) is 99.3 Å². The van der Waals surface area contributed by atoms with Gasteiger partial charge in [-0.2, -0.15) is 0 Å². The van der Waals surface area contributed by atoms with Crippen molar-refractivity contribution < 1.29 is 4.39 Å². The molecule has 0 saturated heterocycles. The van der Waals surface area contributed by atoms with Crippen molar-refractivity contribution in [2.24, 2.45) is 23.7 Å². The van der Waals surface area contributed by atoms with Gasteiger partial charge < -0.3 is 0 Å². The molecule has 0 aromatic heterocycles. The van der Waals surface area contributed by atoms with Gasteiger partial charge in [-0.05, 0) is 156 Å². The summed E-state index contributed by atoms with van der Waals surface area (Å²) in [7, 11) is 0. The number of allylic oxidation sites excluding steroid dienone is 2. The minimum Gasteiger partial charge on any atom is -0.216 e. The van der Waals surface area contributed by atoms with Gasteiger partial charge in [0, 0.05) is 0 Å². The van der Waals surface area contributed by atoms with E-state index in [1.54, 1.807) is 11.6 Å². The lowest BCUT2D eigenvalue weighted by Crippen LogP contribution is -2.26. The molecule has 0 spiro atoms. The summed E-state index contributed by atoms with van der Waals surface area (Å²) in [6, 6.07) is 0. The van der Waals surface area contributed by atoms with E-state index < -0.39 is 0 Å². The van der Waals surface area contributed by atoms with E-state index in [4.69, 9.17) is 0 Å². The SMILES string of the molecule is CC(=Cc1c(C)c(C)c(C)c(C)c1C)C1CCC(C2CCC(C/C=C/F)CC2)CC1. The maximum atomic E-state index is 12.3. The predicted molar refractivity (Wildman–Crippen MR) is 130 cm³/mol. The molecule has 30 heavy (non-hydrogen) atoms. The van der Waals surface area contributed by atoms with Crippen molar-refractivity contribution >= 4 is 6.08 Å². The summed E-state index contributed by atoms with van der Waals surface area (Å²) in [5.74, 6) is 3.34. The van der Waals surface area contributed by atoms with Crippen LogP contribution in [0.1, 0.15) is 98.1 Å². The fourth-order valence-corrected chi connectivity index (χ4v) is 6.28. The molecular formula is C29H43F. The Morgan fingerprint density at radius 1 is 0.733 bits per heavy atom. The number of rotatable bonds is 5. The van der Waals surface area contributed by atoms with Gasteiger partial charge in [0.15, 0.2) is 0 Å². The highest BCUT2D eigenvalue weighted by molar-refractivity contribution is 5.65. The van der Waals surface area contributed by atoms with Crippen LogP contribution in [0.2, 0.25) is 0 Å². The Balaban J connectivity index is 1.59. The molecule has 0 N–H and O–H groups in total. The molecule has 0 nitrogen and oxygen atoms in total. The number of halogens is 1. The van der Waals surface area contributed by atoms with Crippen molar-refractivity contribution in [1.82, 2.24) is 0 Å². The second-order valence-corrected chi connectivity index (χ2v) is 10.4. The first-order chi connectivity index (χ1) is 14.3. The molecule has 0 amide bonds. The molecule has 1 aromatic carbocycles. The topological polar surface area (TPSA) is 0 Å². The Morgan fingerprint density at radius 3 is 1.70 bits per heavy atom. The van der Waals surface area contributed by atoms with Crippen LogP contribution in [0.15, 0.2) is 18.0 Å². The summed E-state index contributed by atoms with van der Waals surface area (Å²) in [6.07, 6.45) is 16.8. The first-order valence-corrected chi connectivity index (χ1v) is 12.3. The maximum absolute atomic E-state index is 12.3. The van der Waals surface area contributed by atoms with Crippen LogP contribution < -0.4 is 0 Å². The standard InChI is InChI=1S/C29H43F/c1-19(18-29-23(5)21(3)20(2)22(4)24(29)6)26-13-15-28(16-14-26)27-11-9-25(10-12-27)8-7-17-30/h7,17-18,25-28H,8-16H2,1-6H3/b17-7+,19-18?. The lowest BCUT2D eigenvalue weighted by atomic mass is 9.68. The summed E-state index contributed by atoms with van der Waals surface area (Å²) in [5, 5.41) is 0. The highest BCUT2D eigenvalue weighted by atomic mass is 19.1. The first-order valence-electron chi connectivity index (χ1n) is 12.3. The molecule has 0 atom stereocenters. The highest BCUT2D eigenvalue weighted by Crippen LogP contribution is 2.43. The highest BCUT2D eigenvalue weighted by Gasteiger charge is 2.31. The average Bonchev–Trinajstić information content (AvgIpc) is 2.78. The zero-order valence-corrected chi connectivity index (χ0v) is 20.3. The number of hydrogen-bond acceptors (Lipinski definition) is 0. The van der Waals surface area contributed by atoms with Crippen molar-refractivity contribution in [1.29, 1.82) is 0 Å². The summed E-state index contributed by atoms with van der Waals surface area (Å²) in [4.78, 5) is 0. The van der Waals surface area contributed by atoms with Gasteiger partial charge in [-0.1, -0.05) is 17.7 Å². The minimum absolute atomic E-state index is 0.725. The van der Waals surface area contributed by atoms with Crippen molar-refractivity contribution in [3.05, 3.63) is 51.4 Å². The van der Waals surface area contributed by atoms with Crippen molar-refractivity contribution in [3.8, 4) is 0 Å². The molecule has 0 heterocycles. The van der Waals surface area contributed by atoms with Gasteiger partial charge in [0.2, 0.25) is 0 Å². The molecule has 3 rings (SSSR count). The summed E-state index contributed by atoms with van der Waals surface area (Å²) in [6.45, 7) is 13.8. The molecule has 1 heteroatoms. The third-order valence-electron chi connectivity index (χ3n) is 8.96. The van der Waals surface area contributed by atoms with Gasteiger partial charge in [-0.3, -0.25) is 0 Å². The van der Waals surface area contributed by atoms with Crippen molar-refractivity contribution in [3.63, 3.8) is 0 Å². The van der Waals surface area contributed by atoms with Gasteiger partial charge in [0.1, 0.15) is 0 Å². The predicted octanol–water partition coefficient (Wildman–Crippen LogP) is 9.12. The zero-order valence-electron chi connectivity index (χ0n) is 20.3. The maximum Gasteiger partial charge on any atom is 0.0827 e. The van der Waals surface area contributed by atoms with Crippen LogP contribution in [0.4, 0.5) is 4.39 Å². The molecule has 0 radical (unpaired) electrons. The number of benzene rings is 1. The molecule has 2 saturated carbocycles. The second-order valence-electron chi connectivity index (χ2n) is 10.4. The Hall–Kier alpha value is -1.37. The fourth-order valence-electron chi connectivity index (χ4n) is 6.28. The largest absolute Gasteiger partial charge is 0.216 e. The van der Waals surface area contributed by atoms with E-state index in [1.807, 2.05) is 0 Å². The zero-order chi connectivity index (χ0) is 21.8. The van der Waals surface area contributed by atoms with Crippen LogP contribution in [0.5, 0.6) is 0 Å². The molecular weight excluding hydrogens is 367 g/mol. The average molecular weight is 411 g/mol. The smallest absolute Gasteiger partial charge is 0.0827 e. The Bertz CT molecular complexity index is 752. The molecule has 0 unspecified atom stereocenters. The Kier molecular flexibility index (Phi) is 7.99. The third kappa shape index (κ3) is 5.09. The van der Waals surface area contributed by atoms with Gasteiger partial charge in [0.25, 0.3) is 0 Å². The summed E-state index contributed by atoms with van der Waals surface area (Å²) >= 11 is 0. The molecule has 0 aliphatic heterocycles. The van der Waals surface area contributed by atoms with E-state index in [-0.39, 0.29) is 0 Å². The lowest BCUT2D eigenvalue weighted by molar-refractivity contribution is 0.154. The van der Waals surface area contributed by atoms with Gasteiger partial charge >= 0.3 is 0 Å². The van der Waals surface area contributed by atoms with E-state index in [2.05, 4.69) is 47.6 Å². The molecule has 166 valence electrons. The molecule has 0 bridgehead atoms. The van der Waals surface area contributed by atoms with Crippen LogP contribution in [0.25, 0.3) is 6.08 Å². The van der Waals surface area contributed by atoms with Crippen LogP contribution in [0, 0.1) is 58.3 Å². The van der Waals surface area contributed by atoms with Gasteiger partial charge in [0.05, 0.1) is 6.33 Å². The van der Waals surface area contributed by atoms with Gasteiger partial charge in [-0.25, -0.2) is 4.39 Å². The monoisotopic (exact) mass is 410 g/mol. The van der Waals surface area contributed by atoms with Gasteiger partial charge in [-0.15, -0.1) is 0 Å². The fraction of sp³-hybridized carbons (Fsp3) is 0.655. The minimum atomic E-state index is 0.725. The quantitative estimate of drug-likeness (QED) is 0.454. The Labute approximate surface area is 185 Å². The van der Waals surface area contributed by atoms with E-state index in [1.165, 1.54) is 84.7 Å². The number of hydrogen-bond donors (Lipinski definition) is 0. The van der Waals surface area contributed by atoms with E-state index in [0.717, 1.165) is 36.4 Å². The summed E-state index contributed by atoms with van der Waals surface area (Å²) in [5.41, 5.74) is 10.3. The normalized spacial score (nSPS) is 28.3. The van der Waals surface area contributed by atoms with Crippen LogP contribution in [-0.4, -0.2) is 0 Å². The summed E-state index contributed by atoms with van der Waals surface area (Å²) < 4.78 is 12.3. The molecule has 1 aromatic rings. The first kappa shape index (κ1) is 23.3. The third-order valence-corrected chi connectivity index (χ3v) is 8.96. The van der Waals surface area contributed by atoms with E-state index in [9.17, 15) is 4.39 Å². The molecule has 2 aliphatic rings. The lowest BCUT2D eigenvalue weighted by Gasteiger charge is -2.38. The second kappa shape index (κ2) is 10.3. The Morgan fingerprint density at radius 2 is 1.20 bits per heavy atom. The van der Waals surface area contributed by atoms with Crippen LogP contribution >= 0.6 is 0 Å². The van der Waals surface area contributed by atoms with E-state index in [0.29, 0.717) is 0 Å². The van der Waals surface area contributed by atoms with Crippen molar-refractivity contribution in [2.75, 3.05) is 0 Å². The molecule has 2 fully saturated rings. The van der Waals surface area contributed by atoms with Crippen LogP contribution in [0.3, 0.4) is 0 Å².